The van der Waals surface area contributed by atoms with Crippen molar-refractivity contribution in [2.75, 3.05) is 0 Å². The van der Waals surface area contributed by atoms with Crippen LogP contribution in [0, 0.1) is 28.4 Å². The van der Waals surface area contributed by atoms with E-state index in [1.807, 2.05) is 6.92 Å². The van der Waals surface area contributed by atoms with Crippen molar-refractivity contribution in [3.8, 4) is 17.7 Å². The molecule has 10 heteroatoms. The number of ether oxygens (including phenoxy) is 2. The van der Waals surface area contributed by atoms with Gasteiger partial charge in [0.05, 0.1) is 15.9 Å². The molecule has 2 aromatic carbocycles. The molecule has 2 heterocycles. The monoisotopic (exact) mass is 437 g/mol. The minimum Gasteiger partial charge on any atom is -0.487 e. The van der Waals surface area contributed by atoms with E-state index in [0.29, 0.717) is 16.7 Å². The number of non-ortho nitro benzene ring substituents is 1. The van der Waals surface area contributed by atoms with Gasteiger partial charge in [0.1, 0.15) is 24.0 Å². The molecule has 0 radical (unpaired) electrons. The normalized spacial score (nSPS) is 15.1. The van der Waals surface area contributed by atoms with Gasteiger partial charge in [-0.1, -0.05) is 17.7 Å². The molecule has 1 aliphatic rings. The van der Waals surface area contributed by atoms with Gasteiger partial charge >= 0.3 is 0 Å². The number of nitrogens with zero attached hydrogens (tertiary/aromatic N) is 3. The number of nitrogens with two attached hydrogens (primary N) is 1. The van der Waals surface area contributed by atoms with Gasteiger partial charge in [-0.15, -0.1) is 5.10 Å². The molecule has 0 spiro atoms. The Morgan fingerprint density at radius 2 is 2.10 bits per heavy atom. The Balaban J connectivity index is 1.59. The van der Waals surface area contributed by atoms with Crippen LogP contribution in [0.25, 0.3) is 0 Å². The van der Waals surface area contributed by atoms with E-state index in [9.17, 15) is 15.4 Å². The highest BCUT2D eigenvalue weighted by molar-refractivity contribution is 6.32. The largest absolute Gasteiger partial charge is 0.487 e. The second-order valence-corrected chi connectivity index (χ2v) is 7.30. The molecule has 0 saturated heterocycles. The Morgan fingerprint density at radius 1 is 1.35 bits per heavy atom. The maximum absolute atomic E-state index is 10.8. The molecule has 1 unspecified atom stereocenters. The SMILES string of the molecule is Cc1[nH]nc2c1C(c1ccc(OCc3ccc([N+](=O)[O-])cc3)c(Cl)c1)C(C#N)=C(N)O2. The van der Waals surface area contributed by atoms with Gasteiger partial charge < -0.3 is 15.2 Å². The van der Waals surface area contributed by atoms with Gasteiger partial charge in [0, 0.05) is 23.4 Å². The number of fused-ring (bicyclic) bond motifs is 1. The first kappa shape index (κ1) is 20.3. The fourth-order valence-electron chi connectivity index (χ4n) is 3.42. The lowest BCUT2D eigenvalue weighted by molar-refractivity contribution is -0.384. The van der Waals surface area contributed by atoms with Crippen LogP contribution in [0.1, 0.15) is 28.3 Å². The summed E-state index contributed by atoms with van der Waals surface area (Å²) in [5.41, 5.74) is 9.19. The molecular formula is C21H16ClN5O4. The van der Waals surface area contributed by atoms with Gasteiger partial charge in [0.25, 0.3) is 5.69 Å². The molecule has 31 heavy (non-hydrogen) atoms. The minimum absolute atomic E-state index is 0.00104. The van der Waals surface area contributed by atoms with E-state index in [0.717, 1.165) is 22.4 Å². The van der Waals surface area contributed by atoms with Gasteiger partial charge in [-0.25, -0.2) is 0 Å². The number of nitro groups is 1. The van der Waals surface area contributed by atoms with Gasteiger partial charge in [-0.3, -0.25) is 15.2 Å². The van der Waals surface area contributed by atoms with Crippen LogP contribution in [-0.4, -0.2) is 15.1 Å². The number of aromatic amines is 1. The number of aryl methyl sites for hydroxylation is 1. The van der Waals surface area contributed by atoms with Crippen molar-refractivity contribution in [2.45, 2.75) is 19.4 Å². The number of hydrogen-bond donors (Lipinski definition) is 2. The molecule has 0 bridgehead atoms. The number of allylic oxidation sites excluding steroid dienone is 1. The van der Waals surface area contributed by atoms with Gasteiger partial charge in [0.2, 0.25) is 11.8 Å². The van der Waals surface area contributed by atoms with Crippen LogP contribution in [0.15, 0.2) is 53.9 Å². The first-order chi connectivity index (χ1) is 14.9. The van der Waals surface area contributed by atoms with E-state index in [1.165, 1.54) is 12.1 Å². The third-order valence-electron chi connectivity index (χ3n) is 4.96. The fourth-order valence-corrected chi connectivity index (χ4v) is 3.66. The number of halogens is 1. The van der Waals surface area contributed by atoms with Gasteiger partial charge in [-0.2, -0.15) is 5.26 Å². The molecule has 3 aromatic rings. The Bertz CT molecular complexity index is 1240. The van der Waals surface area contributed by atoms with Crippen LogP contribution < -0.4 is 15.2 Å². The predicted octanol–water partition coefficient (Wildman–Crippen LogP) is 4.08. The van der Waals surface area contributed by atoms with Gasteiger partial charge in [0.15, 0.2) is 0 Å². The highest BCUT2D eigenvalue weighted by Gasteiger charge is 2.34. The third-order valence-corrected chi connectivity index (χ3v) is 5.26. The Hall–Kier alpha value is -4.03. The summed E-state index contributed by atoms with van der Waals surface area (Å²) in [6.45, 7) is 2.03. The molecule has 9 nitrogen and oxygen atoms in total. The number of nitrogens with one attached hydrogen (secondary N) is 1. The molecule has 0 aliphatic carbocycles. The summed E-state index contributed by atoms with van der Waals surface area (Å²) in [4.78, 5) is 10.3. The number of aromatic nitrogens is 2. The van der Waals surface area contributed by atoms with Crippen LogP contribution in [0.2, 0.25) is 5.02 Å². The second kappa shape index (κ2) is 8.01. The summed E-state index contributed by atoms with van der Waals surface area (Å²) in [5.74, 6) is 0.291. The van der Waals surface area contributed by atoms with Crippen LogP contribution >= 0.6 is 11.6 Å². The number of nitriles is 1. The maximum atomic E-state index is 10.8. The molecule has 0 fully saturated rings. The maximum Gasteiger partial charge on any atom is 0.269 e. The molecule has 156 valence electrons. The van der Waals surface area contributed by atoms with E-state index < -0.39 is 10.8 Å². The first-order valence-corrected chi connectivity index (χ1v) is 9.55. The van der Waals surface area contributed by atoms with E-state index in [-0.39, 0.29) is 23.8 Å². The van der Waals surface area contributed by atoms with Crippen molar-refractivity contribution in [3.05, 3.63) is 91.4 Å². The van der Waals surface area contributed by atoms with Gasteiger partial charge in [-0.05, 0) is 42.3 Å². The van der Waals surface area contributed by atoms with Crippen molar-refractivity contribution in [2.24, 2.45) is 5.73 Å². The molecule has 0 amide bonds. The van der Waals surface area contributed by atoms with Crippen molar-refractivity contribution in [3.63, 3.8) is 0 Å². The lowest BCUT2D eigenvalue weighted by atomic mass is 9.84. The smallest absolute Gasteiger partial charge is 0.269 e. The first-order valence-electron chi connectivity index (χ1n) is 9.17. The zero-order valence-corrected chi connectivity index (χ0v) is 17.0. The summed E-state index contributed by atoms with van der Waals surface area (Å²) in [6.07, 6.45) is 0. The number of H-pyrrole nitrogens is 1. The number of benzene rings is 2. The topological polar surface area (TPSA) is 140 Å². The molecule has 0 saturated carbocycles. The summed E-state index contributed by atoms with van der Waals surface area (Å²) < 4.78 is 11.2. The Labute approximate surface area is 181 Å². The van der Waals surface area contributed by atoms with Crippen molar-refractivity contribution in [1.82, 2.24) is 10.2 Å². The van der Waals surface area contributed by atoms with Crippen LogP contribution in [0.4, 0.5) is 5.69 Å². The minimum atomic E-state index is -0.478. The van der Waals surface area contributed by atoms with Crippen LogP contribution in [-0.2, 0) is 6.61 Å². The predicted molar refractivity (Wildman–Crippen MR) is 112 cm³/mol. The number of rotatable bonds is 5. The van der Waals surface area contributed by atoms with E-state index in [1.54, 1.807) is 30.3 Å². The van der Waals surface area contributed by atoms with Crippen molar-refractivity contribution < 1.29 is 14.4 Å². The molecule has 1 aliphatic heterocycles. The third kappa shape index (κ3) is 3.76. The molecule has 1 atom stereocenters. The molecule has 3 N–H and O–H groups in total. The average molecular weight is 438 g/mol. The van der Waals surface area contributed by atoms with E-state index >= 15 is 0 Å². The number of hydrogen-bond acceptors (Lipinski definition) is 7. The van der Waals surface area contributed by atoms with Crippen molar-refractivity contribution in [1.29, 1.82) is 5.26 Å². The Kier molecular flexibility index (Phi) is 5.23. The summed E-state index contributed by atoms with van der Waals surface area (Å²) >= 11 is 6.45. The van der Waals surface area contributed by atoms with Crippen LogP contribution in [0.5, 0.6) is 11.6 Å². The molecular weight excluding hydrogens is 422 g/mol. The van der Waals surface area contributed by atoms with Crippen molar-refractivity contribution >= 4 is 17.3 Å². The summed E-state index contributed by atoms with van der Waals surface area (Å²) in [5, 5.41) is 27.7. The fraction of sp³-hybridized carbons (Fsp3) is 0.143. The highest BCUT2D eigenvalue weighted by atomic mass is 35.5. The molecule has 1 aromatic heterocycles. The van der Waals surface area contributed by atoms with E-state index in [4.69, 9.17) is 26.8 Å². The van der Waals surface area contributed by atoms with E-state index in [2.05, 4.69) is 16.3 Å². The standard InChI is InChI=1S/C21H16ClN5O4/c1-11-18-19(15(9-23)20(24)31-21(18)26-25-11)13-4-7-17(16(22)8-13)30-10-12-2-5-14(6-3-12)27(28)29/h2-8,19H,10,24H2,1H3,(H,25,26). The second-order valence-electron chi connectivity index (χ2n) is 6.89. The zero-order valence-electron chi connectivity index (χ0n) is 16.3. The quantitative estimate of drug-likeness (QED) is 0.452. The summed E-state index contributed by atoms with van der Waals surface area (Å²) in [7, 11) is 0. The highest BCUT2D eigenvalue weighted by Crippen LogP contribution is 2.43. The Morgan fingerprint density at radius 3 is 2.74 bits per heavy atom. The average Bonchev–Trinajstić information content (AvgIpc) is 3.12. The van der Waals surface area contributed by atoms with Crippen LogP contribution in [0.3, 0.4) is 0 Å². The lowest BCUT2D eigenvalue weighted by Gasteiger charge is -2.24. The number of nitro benzene ring substituents is 1. The summed E-state index contributed by atoms with van der Waals surface area (Å²) in [6, 6.07) is 13.4. The molecule has 4 rings (SSSR count). The lowest BCUT2D eigenvalue weighted by Crippen LogP contribution is -2.21. The zero-order chi connectivity index (χ0) is 22.1.